The van der Waals surface area contributed by atoms with E-state index in [1.165, 1.54) is 6.07 Å². The summed E-state index contributed by atoms with van der Waals surface area (Å²) < 4.78 is 0. The molecule has 1 aromatic heterocycles. The van der Waals surface area contributed by atoms with E-state index in [2.05, 4.69) is 11.1 Å². The molecule has 0 atom stereocenters. The molecule has 2 heteroatoms. The van der Waals surface area contributed by atoms with Gasteiger partial charge < -0.3 is 4.98 Å². The quantitative estimate of drug-likeness (QED) is 0.647. The molecule has 1 aromatic carbocycles. The van der Waals surface area contributed by atoms with Crippen molar-refractivity contribution in [3.8, 4) is 0 Å². The normalized spacial score (nSPS) is 10.6. The lowest BCUT2D eigenvalue weighted by atomic mass is 10.1. The van der Waals surface area contributed by atoms with Crippen molar-refractivity contribution >= 4 is 10.9 Å². The first-order valence-corrected chi connectivity index (χ1v) is 4.19. The molecule has 1 N–H and O–H groups in total. The zero-order valence-electron chi connectivity index (χ0n) is 7.64. The summed E-state index contributed by atoms with van der Waals surface area (Å²) >= 11 is 0. The van der Waals surface area contributed by atoms with Gasteiger partial charge in [0.15, 0.2) is 0 Å². The van der Waals surface area contributed by atoms with Crippen LogP contribution in [0.1, 0.15) is 11.1 Å². The van der Waals surface area contributed by atoms with Gasteiger partial charge in [-0.1, -0.05) is 0 Å². The lowest BCUT2D eigenvalue weighted by molar-refractivity contribution is 1.28. The minimum Gasteiger partial charge on any atom is -0.322 e. The van der Waals surface area contributed by atoms with Crippen molar-refractivity contribution in [2.24, 2.45) is 0 Å². The number of nitrogens with one attached hydrogen (secondary N) is 1. The van der Waals surface area contributed by atoms with Crippen molar-refractivity contribution in [1.82, 2.24) is 4.98 Å². The third-order valence-corrected chi connectivity index (χ3v) is 2.22. The van der Waals surface area contributed by atoms with Crippen LogP contribution >= 0.6 is 0 Å². The summed E-state index contributed by atoms with van der Waals surface area (Å²) in [5.74, 6) is 0. The highest BCUT2D eigenvalue weighted by Gasteiger charge is 1.98. The number of pyridine rings is 1. The number of aromatic amines is 1. The van der Waals surface area contributed by atoms with Crippen LogP contribution in [0.15, 0.2) is 23.0 Å². The molecular formula is C11H10NO. The van der Waals surface area contributed by atoms with Crippen LogP contribution in [0, 0.1) is 19.9 Å². The van der Waals surface area contributed by atoms with Crippen molar-refractivity contribution in [2.45, 2.75) is 13.8 Å². The number of aryl methyl sites for hydroxylation is 2. The van der Waals surface area contributed by atoms with Crippen LogP contribution in [0.25, 0.3) is 10.9 Å². The maximum absolute atomic E-state index is 11.0. The predicted octanol–water partition coefficient (Wildman–Crippen LogP) is 1.95. The Morgan fingerprint density at radius 1 is 1.31 bits per heavy atom. The van der Waals surface area contributed by atoms with Gasteiger partial charge in [-0.25, -0.2) is 0 Å². The fourth-order valence-corrected chi connectivity index (χ4v) is 1.34. The van der Waals surface area contributed by atoms with Gasteiger partial charge in [0.2, 0.25) is 5.56 Å². The predicted molar refractivity (Wildman–Crippen MR) is 52.9 cm³/mol. The second-order valence-electron chi connectivity index (χ2n) is 3.23. The first kappa shape index (κ1) is 8.05. The molecule has 0 aliphatic rings. The molecule has 0 bridgehead atoms. The van der Waals surface area contributed by atoms with E-state index in [0.29, 0.717) is 0 Å². The Hall–Kier alpha value is -1.57. The molecule has 2 rings (SSSR count). The number of H-pyrrole nitrogens is 1. The molecule has 1 radical (unpaired) electrons. The van der Waals surface area contributed by atoms with Crippen LogP contribution in [-0.4, -0.2) is 4.98 Å². The topological polar surface area (TPSA) is 32.9 Å². The molecule has 65 valence electrons. The fraction of sp³-hybridized carbons (Fsp3) is 0.182. The molecule has 13 heavy (non-hydrogen) atoms. The highest BCUT2D eigenvalue weighted by molar-refractivity contribution is 5.79. The number of fused-ring (bicyclic) bond motifs is 1. The second-order valence-corrected chi connectivity index (χ2v) is 3.23. The Balaban J connectivity index is 2.89. The van der Waals surface area contributed by atoms with Gasteiger partial charge in [0.05, 0.1) is 0 Å². The first-order chi connectivity index (χ1) is 6.16. The second kappa shape index (κ2) is 2.73. The summed E-state index contributed by atoms with van der Waals surface area (Å²) in [6.07, 6.45) is 0. The average molecular weight is 172 g/mol. The zero-order chi connectivity index (χ0) is 9.42. The van der Waals surface area contributed by atoms with Crippen molar-refractivity contribution < 1.29 is 0 Å². The van der Waals surface area contributed by atoms with Gasteiger partial charge >= 0.3 is 0 Å². The summed E-state index contributed by atoms with van der Waals surface area (Å²) in [6, 6.07) is 8.50. The number of rotatable bonds is 0. The van der Waals surface area contributed by atoms with E-state index < -0.39 is 0 Å². The van der Waals surface area contributed by atoms with E-state index >= 15 is 0 Å². The SMILES string of the molecule is Cc1[c]c2ccc(=O)[nH]c2cc1C. The van der Waals surface area contributed by atoms with Gasteiger partial charge in [0.25, 0.3) is 0 Å². The molecular weight excluding hydrogens is 162 g/mol. The van der Waals surface area contributed by atoms with Gasteiger partial charge in [-0.3, -0.25) is 4.79 Å². The molecule has 1 heterocycles. The van der Waals surface area contributed by atoms with Crippen LogP contribution in [-0.2, 0) is 0 Å². The summed E-state index contributed by atoms with van der Waals surface area (Å²) in [5.41, 5.74) is 3.06. The average Bonchev–Trinajstić information content (AvgIpc) is 2.08. The number of benzene rings is 1. The first-order valence-electron chi connectivity index (χ1n) is 4.19. The van der Waals surface area contributed by atoms with Crippen molar-refractivity contribution in [1.29, 1.82) is 0 Å². The van der Waals surface area contributed by atoms with Gasteiger partial charge in [-0.15, -0.1) is 0 Å². The maximum Gasteiger partial charge on any atom is 0.248 e. The number of hydrogen-bond donors (Lipinski definition) is 1. The van der Waals surface area contributed by atoms with Crippen LogP contribution in [0.5, 0.6) is 0 Å². The fourth-order valence-electron chi connectivity index (χ4n) is 1.34. The highest BCUT2D eigenvalue weighted by Crippen LogP contribution is 2.14. The van der Waals surface area contributed by atoms with Crippen LogP contribution < -0.4 is 5.56 Å². The Morgan fingerprint density at radius 3 is 2.85 bits per heavy atom. The molecule has 0 saturated heterocycles. The minimum atomic E-state index is -0.0656. The molecule has 0 aliphatic heterocycles. The van der Waals surface area contributed by atoms with Gasteiger partial charge in [-0.05, 0) is 43.2 Å². The third-order valence-electron chi connectivity index (χ3n) is 2.22. The van der Waals surface area contributed by atoms with E-state index in [1.807, 2.05) is 19.9 Å². The lowest BCUT2D eigenvalue weighted by Gasteiger charge is -2.01. The molecule has 0 amide bonds. The monoisotopic (exact) mass is 172 g/mol. The third kappa shape index (κ3) is 1.35. The molecule has 0 fully saturated rings. The highest BCUT2D eigenvalue weighted by atomic mass is 16.1. The lowest BCUT2D eigenvalue weighted by Crippen LogP contribution is -2.02. The molecule has 2 nitrogen and oxygen atoms in total. The summed E-state index contributed by atoms with van der Waals surface area (Å²) in [4.78, 5) is 13.8. The Kier molecular flexibility index (Phi) is 1.69. The molecule has 0 unspecified atom stereocenters. The maximum atomic E-state index is 11.0. The summed E-state index contributed by atoms with van der Waals surface area (Å²) in [7, 11) is 0. The summed E-state index contributed by atoms with van der Waals surface area (Å²) in [5, 5.41) is 0.961. The van der Waals surface area contributed by atoms with Gasteiger partial charge in [0.1, 0.15) is 0 Å². The van der Waals surface area contributed by atoms with Gasteiger partial charge in [-0.2, -0.15) is 0 Å². The minimum absolute atomic E-state index is 0.0656. The van der Waals surface area contributed by atoms with Crippen molar-refractivity contribution in [2.75, 3.05) is 0 Å². The molecule has 2 aromatic rings. The van der Waals surface area contributed by atoms with E-state index in [1.54, 1.807) is 6.07 Å². The van der Waals surface area contributed by atoms with Crippen LogP contribution in [0.2, 0.25) is 0 Å². The molecule has 0 aliphatic carbocycles. The smallest absolute Gasteiger partial charge is 0.248 e. The summed E-state index contributed by atoms with van der Waals surface area (Å²) in [6.45, 7) is 4.02. The standard InChI is InChI=1S/C11H10NO/c1-7-5-9-3-4-11(13)12-10(9)6-8(7)2/h3-4,6H,1-2H3,(H,12,13). The largest absolute Gasteiger partial charge is 0.322 e. The van der Waals surface area contributed by atoms with Crippen LogP contribution in [0.3, 0.4) is 0 Å². The van der Waals surface area contributed by atoms with E-state index in [9.17, 15) is 4.79 Å². The number of hydrogen-bond acceptors (Lipinski definition) is 1. The molecule has 0 spiro atoms. The van der Waals surface area contributed by atoms with E-state index in [0.717, 1.165) is 22.0 Å². The Labute approximate surface area is 76.2 Å². The van der Waals surface area contributed by atoms with Gasteiger partial charge in [0, 0.05) is 17.0 Å². The van der Waals surface area contributed by atoms with Crippen molar-refractivity contribution in [3.63, 3.8) is 0 Å². The van der Waals surface area contributed by atoms with Crippen molar-refractivity contribution in [3.05, 3.63) is 45.7 Å². The van der Waals surface area contributed by atoms with E-state index in [4.69, 9.17) is 0 Å². The Bertz CT molecular complexity index is 511. The number of aromatic nitrogens is 1. The Morgan fingerprint density at radius 2 is 2.08 bits per heavy atom. The molecule has 0 saturated carbocycles. The zero-order valence-corrected chi connectivity index (χ0v) is 7.64. The van der Waals surface area contributed by atoms with Crippen LogP contribution in [0.4, 0.5) is 0 Å². The van der Waals surface area contributed by atoms with E-state index in [-0.39, 0.29) is 5.56 Å².